The van der Waals surface area contributed by atoms with Gasteiger partial charge in [-0.15, -0.1) is 0 Å². The minimum atomic E-state index is -2.53. The standard InChI is InChI=1S/C22H17NO5/c1-2-11-23-17-16(18(24)12-7-3-4-8-13(12)19(17)25)21(27)20(26)14-9-5-6-10-15(14)22(21,23)28/h3-10,27-28H,2,11H2,1H3. The highest BCUT2D eigenvalue weighted by molar-refractivity contribution is 6.32. The molecular weight excluding hydrogens is 358 g/mol. The van der Waals surface area contributed by atoms with Gasteiger partial charge < -0.3 is 15.1 Å². The second-order valence-electron chi connectivity index (χ2n) is 7.34. The Morgan fingerprint density at radius 2 is 1.43 bits per heavy atom. The SMILES string of the molecule is CCCN1C2=C(C(=O)c3ccccc3C2=O)C2(O)C(=O)c3ccccc3C12O. The van der Waals surface area contributed by atoms with Crippen molar-refractivity contribution in [3.8, 4) is 0 Å². The Labute approximate surface area is 160 Å². The molecule has 1 aliphatic heterocycles. The summed E-state index contributed by atoms with van der Waals surface area (Å²) in [5, 5.41) is 23.4. The summed E-state index contributed by atoms with van der Waals surface area (Å²) in [6.07, 6.45) is 0.536. The van der Waals surface area contributed by atoms with E-state index in [1.54, 1.807) is 36.4 Å². The third-order valence-electron chi connectivity index (χ3n) is 5.95. The van der Waals surface area contributed by atoms with E-state index in [9.17, 15) is 24.6 Å². The summed E-state index contributed by atoms with van der Waals surface area (Å²) < 4.78 is 0. The smallest absolute Gasteiger partial charge is 0.211 e. The fourth-order valence-corrected chi connectivity index (χ4v) is 4.78. The summed E-state index contributed by atoms with van der Waals surface area (Å²) >= 11 is 0. The fraction of sp³-hybridized carbons (Fsp3) is 0.227. The van der Waals surface area contributed by atoms with Crippen LogP contribution in [0.5, 0.6) is 0 Å². The number of rotatable bonds is 2. The topological polar surface area (TPSA) is 94.9 Å². The van der Waals surface area contributed by atoms with Crippen LogP contribution in [0.2, 0.25) is 0 Å². The number of aliphatic hydroxyl groups is 2. The maximum atomic E-state index is 13.3. The molecule has 28 heavy (non-hydrogen) atoms. The Kier molecular flexibility index (Phi) is 3.19. The summed E-state index contributed by atoms with van der Waals surface area (Å²) in [7, 11) is 0. The Balaban J connectivity index is 1.86. The number of nitrogens with zero attached hydrogens (tertiary/aromatic N) is 1. The van der Waals surface area contributed by atoms with E-state index in [2.05, 4.69) is 0 Å². The van der Waals surface area contributed by atoms with Crippen molar-refractivity contribution in [1.29, 1.82) is 0 Å². The number of allylic oxidation sites excluding steroid dienone is 1. The van der Waals surface area contributed by atoms with Crippen molar-refractivity contribution in [3.05, 3.63) is 82.1 Å². The van der Waals surface area contributed by atoms with E-state index >= 15 is 0 Å². The van der Waals surface area contributed by atoms with Gasteiger partial charge in [0.05, 0.1) is 11.3 Å². The minimum Gasteiger partial charge on any atom is -0.372 e. The van der Waals surface area contributed by atoms with E-state index in [0.717, 1.165) is 0 Å². The zero-order valence-corrected chi connectivity index (χ0v) is 15.1. The zero-order valence-electron chi connectivity index (χ0n) is 15.1. The second-order valence-corrected chi connectivity index (χ2v) is 7.34. The lowest BCUT2D eigenvalue weighted by molar-refractivity contribution is -0.169. The van der Waals surface area contributed by atoms with Crippen LogP contribution >= 0.6 is 0 Å². The van der Waals surface area contributed by atoms with Gasteiger partial charge in [-0.1, -0.05) is 55.5 Å². The van der Waals surface area contributed by atoms with Crippen molar-refractivity contribution >= 4 is 17.3 Å². The second kappa shape index (κ2) is 5.25. The van der Waals surface area contributed by atoms with Gasteiger partial charge in [0, 0.05) is 28.8 Å². The molecule has 0 fully saturated rings. The molecule has 2 aromatic carbocycles. The first-order valence-electron chi connectivity index (χ1n) is 9.18. The van der Waals surface area contributed by atoms with Gasteiger partial charge in [0.25, 0.3) is 0 Å². The molecule has 2 N–H and O–H groups in total. The van der Waals surface area contributed by atoms with Crippen molar-refractivity contribution in [1.82, 2.24) is 4.90 Å². The van der Waals surface area contributed by atoms with Gasteiger partial charge in [-0.05, 0) is 6.42 Å². The number of Topliss-reactive ketones (excluding diaryl/α,β-unsaturated/α-hetero) is 3. The molecule has 0 spiro atoms. The Hall–Kier alpha value is -3.09. The molecule has 2 unspecified atom stereocenters. The highest BCUT2D eigenvalue weighted by Gasteiger charge is 2.74. The maximum absolute atomic E-state index is 13.3. The normalized spacial score (nSPS) is 27.7. The van der Waals surface area contributed by atoms with E-state index in [0.29, 0.717) is 6.42 Å². The predicted molar refractivity (Wildman–Crippen MR) is 98.7 cm³/mol. The number of carbonyl (C=O) groups is 3. The van der Waals surface area contributed by atoms with Gasteiger partial charge in [-0.3, -0.25) is 14.4 Å². The molecule has 0 amide bonds. The van der Waals surface area contributed by atoms with Crippen LogP contribution in [-0.4, -0.2) is 44.6 Å². The molecule has 3 aliphatic rings. The molecular formula is C22H17NO5. The van der Waals surface area contributed by atoms with Gasteiger partial charge >= 0.3 is 0 Å². The summed E-state index contributed by atoms with van der Waals surface area (Å²) in [6.45, 7) is 2.05. The molecule has 0 saturated carbocycles. The van der Waals surface area contributed by atoms with E-state index in [1.807, 2.05) is 6.92 Å². The highest BCUT2D eigenvalue weighted by Crippen LogP contribution is 2.58. The Morgan fingerprint density at radius 3 is 2.07 bits per heavy atom. The highest BCUT2D eigenvalue weighted by atomic mass is 16.4. The first-order valence-corrected chi connectivity index (χ1v) is 9.18. The molecule has 1 heterocycles. The molecule has 0 aromatic heterocycles. The lowest BCUT2D eigenvalue weighted by atomic mass is 9.78. The molecule has 0 saturated heterocycles. The molecule has 6 nitrogen and oxygen atoms in total. The Morgan fingerprint density at radius 1 is 0.857 bits per heavy atom. The number of hydrogen-bond acceptors (Lipinski definition) is 6. The fourth-order valence-electron chi connectivity index (χ4n) is 4.78. The van der Waals surface area contributed by atoms with Gasteiger partial charge in [-0.25, -0.2) is 0 Å². The molecule has 2 aromatic rings. The number of benzene rings is 2. The molecule has 5 rings (SSSR count). The third kappa shape index (κ3) is 1.60. The van der Waals surface area contributed by atoms with Crippen LogP contribution in [0.4, 0.5) is 0 Å². The van der Waals surface area contributed by atoms with Gasteiger partial charge in [0.15, 0.2) is 5.78 Å². The van der Waals surface area contributed by atoms with Crippen LogP contribution < -0.4 is 0 Å². The van der Waals surface area contributed by atoms with Crippen LogP contribution in [-0.2, 0) is 5.72 Å². The number of carbonyl (C=O) groups excluding carboxylic acids is 3. The van der Waals surface area contributed by atoms with Crippen LogP contribution in [0, 0.1) is 0 Å². The van der Waals surface area contributed by atoms with E-state index in [4.69, 9.17) is 0 Å². The van der Waals surface area contributed by atoms with Crippen molar-refractivity contribution in [2.75, 3.05) is 6.54 Å². The molecule has 0 bridgehead atoms. The molecule has 6 heteroatoms. The first kappa shape index (κ1) is 17.0. The quantitative estimate of drug-likeness (QED) is 0.831. The maximum Gasteiger partial charge on any atom is 0.211 e. The van der Waals surface area contributed by atoms with Gasteiger partial charge in [-0.2, -0.15) is 0 Å². The average molecular weight is 375 g/mol. The minimum absolute atomic E-state index is 0.0848. The first-order chi connectivity index (χ1) is 13.4. The number of ketones is 3. The predicted octanol–water partition coefficient (Wildman–Crippen LogP) is 1.82. The van der Waals surface area contributed by atoms with Crippen molar-refractivity contribution in [3.63, 3.8) is 0 Å². The summed E-state index contributed by atoms with van der Waals surface area (Å²) in [4.78, 5) is 41.2. The van der Waals surface area contributed by atoms with Crippen LogP contribution in [0.25, 0.3) is 0 Å². The van der Waals surface area contributed by atoms with Crippen molar-refractivity contribution in [2.45, 2.75) is 24.7 Å². The molecule has 2 atom stereocenters. The van der Waals surface area contributed by atoms with E-state index in [1.165, 1.54) is 17.0 Å². The monoisotopic (exact) mass is 375 g/mol. The van der Waals surface area contributed by atoms with E-state index < -0.39 is 28.7 Å². The Bertz CT molecular complexity index is 1130. The largest absolute Gasteiger partial charge is 0.372 e. The number of hydrogen-bond donors (Lipinski definition) is 2. The van der Waals surface area contributed by atoms with Crippen LogP contribution in [0.15, 0.2) is 59.8 Å². The van der Waals surface area contributed by atoms with Crippen molar-refractivity contribution < 1.29 is 24.6 Å². The van der Waals surface area contributed by atoms with Gasteiger partial charge in [0.1, 0.15) is 0 Å². The average Bonchev–Trinajstić information content (AvgIpc) is 3.02. The summed E-state index contributed by atoms with van der Waals surface area (Å²) in [5.41, 5.74) is -4.44. The molecule has 140 valence electrons. The van der Waals surface area contributed by atoms with Crippen LogP contribution in [0.3, 0.4) is 0 Å². The summed E-state index contributed by atoms with van der Waals surface area (Å²) in [5.74, 6) is -1.84. The zero-order chi connectivity index (χ0) is 19.8. The summed E-state index contributed by atoms with van der Waals surface area (Å²) in [6, 6.07) is 12.7. The molecule has 2 aliphatic carbocycles. The third-order valence-corrected chi connectivity index (χ3v) is 5.95. The van der Waals surface area contributed by atoms with E-state index in [-0.39, 0.29) is 40.1 Å². The number of fused-ring (bicyclic) bond motifs is 5. The lowest BCUT2D eigenvalue weighted by Crippen LogP contribution is -2.57. The van der Waals surface area contributed by atoms with Gasteiger partial charge in [0.2, 0.25) is 22.9 Å². The lowest BCUT2D eigenvalue weighted by Gasteiger charge is -2.39. The molecule has 0 radical (unpaired) electrons. The van der Waals surface area contributed by atoms with Crippen molar-refractivity contribution in [2.24, 2.45) is 0 Å². The van der Waals surface area contributed by atoms with Crippen LogP contribution in [0.1, 0.15) is 50.0 Å².